The van der Waals surface area contributed by atoms with Crippen LogP contribution in [0.15, 0.2) is 101 Å². The Morgan fingerprint density at radius 3 is 2.18 bits per heavy atom. The molecule has 28 heavy (non-hydrogen) atoms. The van der Waals surface area contributed by atoms with Crippen LogP contribution in [0.25, 0.3) is 43.5 Å². The van der Waals surface area contributed by atoms with Gasteiger partial charge in [-0.05, 0) is 41.1 Å². The van der Waals surface area contributed by atoms with Gasteiger partial charge in [-0.15, -0.1) is 0 Å². The molecule has 1 N–H and O–H groups in total. The SMILES string of the molecule is c1ccc2c(Nc3ccc4oc5c6ccccc6ccc5c4c3)cccc2c1. The van der Waals surface area contributed by atoms with Crippen molar-refractivity contribution in [2.75, 3.05) is 5.32 Å². The summed E-state index contributed by atoms with van der Waals surface area (Å²) in [5.74, 6) is 0. The smallest absolute Gasteiger partial charge is 0.143 e. The molecule has 2 nitrogen and oxygen atoms in total. The molecule has 2 heteroatoms. The first-order valence-corrected chi connectivity index (χ1v) is 9.46. The number of hydrogen-bond donors (Lipinski definition) is 1. The lowest BCUT2D eigenvalue weighted by Crippen LogP contribution is -1.91. The molecule has 0 radical (unpaired) electrons. The molecule has 0 fully saturated rings. The Bertz CT molecular complexity index is 1490. The van der Waals surface area contributed by atoms with Crippen LogP contribution in [-0.4, -0.2) is 0 Å². The van der Waals surface area contributed by atoms with E-state index in [9.17, 15) is 0 Å². The average Bonchev–Trinajstić information content (AvgIpc) is 3.13. The maximum atomic E-state index is 6.21. The van der Waals surface area contributed by atoms with E-state index in [1.807, 2.05) is 0 Å². The average molecular weight is 359 g/mol. The Balaban J connectivity index is 1.52. The highest BCUT2D eigenvalue weighted by Gasteiger charge is 2.11. The van der Waals surface area contributed by atoms with E-state index in [4.69, 9.17) is 4.42 Å². The van der Waals surface area contributed by atoms with Crippen LogP contribution in [0.4, 0.5) is 11.4 Å². The van der Waals surface area contributed by atoms with Crippen molar-refractivity contribution in [2.45, 2.75) is 0 Å². The zero-order valence-electron chi connectivity index (χ0n) is 15.1. The Labute approximate surface area is 162 Å². The van der Waals surface area contributed by atoms with E-state index in [0.29, 0.717) is 0 Å². The minimum atomic E-state index is 0.912. The predicted octanol–water partition coefficient (Wildman–Crippen LogP) is 7.64. The Morgan fingerprint density at radius 2 is 1.29 bits per heavy atom. The van der Waals surface area contributed by atoms with Crippen LogP contribution >= 0.6 is 0 Å². The van der Waals surface area contributed by atoms with Crippen molar-refractivity contribution < 1.29 is 4.42 Å². The van der Waals surface area contributed by atoms with Crippen molar-refractivity contribution in [3.8, 4) is 0 Å². The van der Waals surface area contributed by atoms with Crippen molar-refractivity contribution >= 4 is 54.9 Å². The fraction of sp³-hybridized carbons (Fsp3) is 0. The van der Waals surface area contributed by atoms with Gasteiger partial charge < -0.3 is 9.73 Å². The fourth-order valence-electron chi connectivity index (χ4n) is 4.07. The second-order valence-corrected chi connectivity index (χ2v) is 7.13. The summed E-state index contributed by atoms with van der Waals surface area (Å²) in [4.78, 5) is 0. The van der Waals surface area contributed by atoms with Gasteiger partial charge in [0.25, 0.3) is 0 Å². The van der Waals surface area contributed by atoms with Crippen LogP contribution in [0.3, 0.4) is 0 Å². The molecule has 132 valence electrons. The molecule has 1 aromatic heterocycles. The summed E-state index contributed by atoms with van der Waals surface area (Å²) in [5.41, 5.74) is 4.03. The van der Waals surface area contributed by atoms with Gasteiger partial charge >= 0.3 is 0 Å². The molecule has 0 saturated heterocycles. The molecule has 0 amide bonds. The second-order valence-electron chi connectivity index (χ2n) is 7.13. The third kappa shape index (κ3) is 2.28. The lowest BCUT2D eigenvalue weighted by Gasteiger charge is -2.10. The molecule has 0 aliphatic heterocycles. The van der Waals surface area contributed by atoms with Crippen molar-refractivity contribution in [3.63, 3.8) is 0 Å². The van der Waals surface area contributed by atoms with Gasteiger partial charge in [0, 0.05) is 32.9 Å². The number of fused-ring (bicyclic) bond motifs is 6. The van der Waals surface area contributed by atoms with Gasteiger partial charge in [-0.25, -0.2) is 0 Å². The Kier molecular flexibility index (Phi) is 3.20. The van der Waals surface area contributed by atoms with Gasteiger partial charge in [0.05, 0.1) is 0 Å². The largest absolute Gasteiger partial charge is 0.455 e. The molecule has 0 aliphatic rings. The summed E-state index contributed by atoms with van der Waals surface area (Å²) in [5, 5.41) is 10.7. The molecular weight excluding hydrogens is 342 g/mol. The van der Waals surface area contributed by atoms with Crippen LogP contribution in [0.5, 0.6) is 0 Å². The summed E-state index contributed by atoms with van der Waals surface area (Å²) in [6, 6.07) is 33.8. The first-order valence-electron chi connectivity index (χ1n) is 9.46. The van der Waals surface area contributed by atoms with Crippen molar-refractivity contribution in [2.24, 2.45) is 0 Å². The number of furan rings is 1. The van der Waals surface area contributed by atoms with E-state index in [-0.39, 0.29) is 0 Å². The first kappa shape index (κ1) is 15.3. The number of rotatable bonds is 2. The van der Waals surface area contributed by atoms with Crippen LogP contribution in [0.1, 0.15) is 0 Å². The summed E-state index contributed by atoms with van der Waals surface area (Å²) in [6.45, 7) is 0. The first-order chi connectivity index (χ1) is 13.9. The molecule has 0 bridgehead atoms. The van der Waals surface area contributed by atoms with E-state index < -0.39 is 0 Å². The van der Waals surface area contributed by atoms with E-state index in [1.54, 1.807) is 0 Å². The topological polar surface area (TPSA) is 25.2 Å². The van der Waals surface area contributed by atoms with E-state index in [0.717, 1.165) is 38.7 Å². The molecule has 5 aromatic carbocycles. The van der Waals surface area contributed by atoms with E-state index in [2.05, 4.69) is 102 Å². The molecule has 6 aromatic rings. The zero-order valence-corrected chi connectivity index (χ0v) is 15.1. The molecule has 0 aliphatic carbocycles. The highest BCUT2D eigenvalue weighted by atomic mass is 16.3. The van der Waals surface area contributed by atoms with Crippen molar-refractivity contribution in [1.29, 1.82) is 0 Å². The Morgan fingerprint density at radius 1 is 0.536 bits per heavy atom. The summed E-state index contributed by atoms with van der Waals surface area (Å²) >= 11 is 0. The summed E-state index contributed by atoms with van der Waals surface area (Å²) in [6.07, 6.45) is 0. The number of anilines is 2. The standard InChI is InChI=1S/C26H17NO/c1-3-9-20-17(6-1)8-5-11-24(20)27-19-13-15-25-23(16-19)22-14-12-18-7-2-4-10-21(18)26(22)28-25/h1-16,27H. The molecule has 0 spiro atoms. The molecule has 0 atom stereocenters. The van der Waals surface area contributed by atoms with Gasteiger partial charge in [0.15, 0.2) is 0 Å². The maximum Gasteiger partial charge on any atom is 0.143 e. The number of hydrogen-bond acceptors (Lipinski definition) is 2. The van der Waals surface area contributed by atoms with E-state index in [1.165, 1.54) is 16.2 Å². The normalized spacial score (nSPS) is 11.6. The predicted molar refractivity (Wildman–Crippen MR) is 118 cm³/mol. The highest BCUT2D eigenvalue weighted by molar-refractivity contribution is 6.15. The number of benzene rings is 5. The molecule has 1 heterocycles. The van der Waals surface area contributed by atoms with Gasteiger partial charge in [-0.2, -0.15) is 0 Å². The van der Waals surface area contributed by atoms with Crippen molar-refractivity contribution in [1.82, 2.24) is 0 Å². The van der Waals surface area contributed by atoms with Crippen LogP contribution in [0, 0.1) is 0 Å². The lowest BCUT2D eigenvalue weighted by molar-refractivity contribution is 0.672. The van der Waals surface area contributed by atoms with Crippen LogP contribution < -0.4 is 5.32 Å². The number of nitrogens with one attached hydrogen (secondary N) is 1. The van der Waals surface area contributed by atoms with Crippen LogP contribution in [-0.2, 0) is 0 Å². The monoisotopic (exact) mass is 359 g/mol. The third-order valence-electron chi connectivity index (χ3n) is 5.43. The van der Waals surface area contributed by atoms with Crippen LogP contribution in [0.2, 0.25) is 0 Å². The molecular formula is C26H17NO. The summed E-state index contributed by atoms with van der Waals surface area (Å²) in [7, 11) is 0. The van der Waals surface area contributed by atoms with Crippen molar-refractivity contribution in [3.05, 3.63) is 97.1 Å². The lowest BCUT2D eigenvalue weighted by atomic mass is 10.1. The third-order valence-corrected chi connectivity index (χ3v) is 5.43. The second kappa shape index (κ2) is 5.86. The zero-order chi connectivity index (χ0) is 18.5. The minimum Gasteiger partial charge on any atom is -0.455 e. The maximum absolute atomic E-state index is 6.21. The van der Waals surface area contributed by atoms with Gasteiger partial charge in [0.1, 0.15) is 11.2 Å². The molecule has 6 rings (SSSR count). The highest BCUT2D eigenvalue weighted by Crippen LogP contribution is 2.36. The summed E-state index contributed by atoms with van der Waals surface area (Å²) < 4.78 is 6.21. The molecule has 0 unspecified atom stereocenters. The molecule has 0 saturated carbocycles. The van der Waals surface area contributed by atoms with Gasteiger partial charge in [-0.3, -0.25) is 0 Å². The Hall–Kier alpha value is -3.78. The fourth-order valence-corrected chi connectivity index (χ4v) is 4.07. The minimum absolute atomic E-state index is 0.912. The van der Waals surface area contributed by atoms with Gasteiger partial charge in [0.2, 0.25) is 0 Å². The van der Waals surface area contributed by atoms with Gasteiger partial charge in [-0.1, -0.05) is 66.7 Å². The van der Waals surface area contributed by atoms with E-state index >= 15 is 0 Å². The quantitative estimate of drug-likeness (QED) is 0.344.